The molecule has 0 saturated heterocycles. The second-order valence-electron chi connectivity index (χ2n) is 9.43. The van der Waals surface area contributed by atoms with Crippen molar-refractivity contribution in [2.24, 2.45) is 17.6 Å². The Kier molecular flexibility index (Phi) is 11.4. The fourth-order valence-corrected chi connectivity index (χ4v) is 5.51. The van der Waals surface area contributed by atoms with Crippen LogP contribution in [0.4, 0.5) is 0 Å². The number of benzene rings is 1. The summed E-state index contributed by atoms with van der Waals surface area (Å²) in [5, 5.41) is 15.9. The second-order valence-corrected chi connectivity index (χ2v) is 10.7. The van der Waals surface area contributed by atoms with E-state index in [1.165, 1.54) is 0 Å². The van der Waals surface area contributed by atoms with Crippen LogP contribution in [0.5, 0.6) is 0 Å². The minimum atomic E-state index is -2.40. The zero-order valence-electron chi connectivity index (χ0n) is 19.7. The molecule has 1 fully saturated rings. The molecule has 2 unspecified atom stereocenters. The van der Waals surface area contributed by atoms with Crippen LogP contribution in [0, 0.1) is 11.8 Å². The van der Waals surface area contributed by atoms with E-state index in [1.54, 1.807) is 0 Å². The Labute approximate surface area is 197 Å². The van der Waals surface area contributed by atoms with Gasteiger partial charge in [-0.15, -0.1) is 0 Å². The van der Waals surface area contributed by atoms with Crippen LogP contribution in [-0.2, 0) is 20.6 Å². The largest absolute Gasteiger partial charge is 0.509 e. The normalized spacial score (nSPS) is 18.8. The van der Waals surface area contributed by atoms with Gasteiger partial charge in [-0.2, -0.15) is 4.89 Å². The van der Waals surface area contributed by atoms with Gasteiger partial charge in [0.05, 0.1) is 12.1 Å². The highest BCUT2D eigenvalue weighted by atomic mass is 31.1. The SMILES string of the molecule is CC(C)[C@H](NC(=O)[C@@H](N)Cc1ccccc1)C(=O)NC[C@H](O)CC(C1CCCCC1)[P+](=O)O. The standard InChI is InChI=1S/C24H38N3O5P/c1-16(2)22(27-23(29)20(25)13-17-9-5-3-6-10-17)24(30)26-15-19(28)14-21(33(31)32)18-11-7-4-8-12-18/h3,5-6,9-10,16,18-22,28H,4,7-8,11-15,25H2,1-2H3,(H2-,26,27,29,30,31,32)/p+1/t19-,20+,21?,22+/m1/s1. The van der Waals surface area contributed by atoms with Crippen LogP contribution < -0.4 is 16.4 Å². The van der Waals surface area contributed by atoms with Gasteiger partial charge in [-0.3, -0.25) is 9.59 Å². The van der Waals surface area contributed by atoms with E-state index in [4.69, 9.17) is 5.73 Å². The molecule has 2 rings (SSSR count). The van der Waals surface area contributed by atoms with Crippen molar-refractivity contribution >= 4 is 19.8 Å². The van der Waals surface area contributed by atoms with Crippen LogP contribution in [0.2, 0.25) is 0 Å². The van der Waals surface area contributed by atoms with Gasteiger partial charge in [-0.1, -0.05) is 63.4 Å². The van der Waals surface area contributed by atoms with Gasteiger partial charge < -0.3 is 21.5 Å². The summed E-state index contributed by atoms with van der Waals surface area (Å²) < 4.78 is 11.9. The molecule has 1 aromatic carbocycles. The number of hydrogen-bond donors (Lipinski definition) is 5. The lowest BCUT2D eigenvalue weighted by molar-refractivity contribution is -0.130. The Balaban J connectivity index is 1.86. The number of hydrogen-bond acceptors (Lipinski definition) is 5. The molecule has 1 aliphatic rings. The van der Waals surface area contributed by atoms with Crippen molar-refractivity contribution in [2.75, 3.05) is 6.54 Å². The number of aliphatic hydroxyl groups excluding tert-OH is 1. The molecule has 1 aliphatic carbocycles. The number of nitrogens with two attached hydrogens (primary N) is 1. The molecule has 0 heterocycles. The summed E-state index contributed by atoms with van der Waals surface area (Å²) in [6.45, 7) is 3.60. The molecular formula is C24H39N3O5P+. The van der Waals surface area contributed by atoms with Crippen molar-refractivity contribution in [1.82, 2.24) is 10.6 Å². The number of carbonyl (C=O) groups excluding carboxylic acids is 2. The number of rotatable bonds is 12. The summed E-state index contributed by atoms with van der Waals surface area (Å²) in [6.07, 6.45) is 4.61. The molecule has 0 aromatic heterocycles. The number of amides is 2. The first kappa shape index (κ1) is 27.4. The molecule has 0 radical (unpaired) electrons. The molecule has 0 aliphatic heterocycles. The monoisotopic (exact) mass is 480 g/mol. The molecule has 184 valence electrons. The Morgan fingerprint density at radius 3 is 2.33 bits per heavy atom. The van der Waals surface area contributed by atoms with Crippen molar-refractivity contribution in [3.63, 3.8) is 0 Å². The topological polar surface area (TPSA) is 142 Å². The molecule has 8 nitrogen and oxygen atoms in total. The van der Waals surface area contributed by atoms with E-state index in [0.717, 1.165) is 37.7 Å². The first-order valence-corrected chi connectivity index (χ1v) is 13.2. The van der Waals surface area contributed by atoms with Crippen LogP contribution in [0.15, 0.2) is 30.3 Å². The van der Waals surface area contributed by atoms with Crippen molar-refractivity contribution < 1.29 is 24.2 Å². The van der Waals surface area contributed by atoms with E-state index in [9.17, 15) is 24.2 Å². The molecule has 5 atom stereocenters. The van der Waals surface area contributed by atoms with Gasteiger partial charge in [0.2, 0.25) is 11.8 Å². The Morgan fingerprint density at radius 2 is 1.76 bits per heavy atom. The van der Waals surface area contributed by atoms with E-state index in [2.05, 4.69) is 10.6 Å². The van der Waals surface area contributed by atoms with Gasteiger partial charge in [0, 0.05) is 18.9 Å². The third kappa shape index (κ3) is 9.13. The summed E-state index contributed by atoms with van der Waals surface area (Å²) in [4.78, 5) is 35.1. The lowest BCUT2D eigenvalue weighted by atomic mass is 9.85. The lowest BCUT2D eigenvalue weighted by Gasteiger charge is -2.26. The van der Waals surface area contributed by atoms with E-state index < -0.39 is 43.7 Å². The van der Waals surface area contributed by atoms with Gasteiger partial charge >= 0.3 is 8.03 Å². The molecule has 2 amide bonds. The van der Waals surface area contributed by atoms with Crippen LogP contribution >= 0.6 is 8.03 Å². The number of carbonyl (C=O) groups is 2. The number of aliphatic hydroxyl groups is 1. The summed E-state index contributed by atoms with van der Waals surface area (Å²) in [6, 6.07) is 7.84. The predicted molar refractivity (Wildman–Crippen MR) is 129 cm³/mol. The quantitative estimate of drug-likeness (QED) is 0.291. The fourth-order valence-electron chi connectivity index (χ4n) is 4.43. The van der Waals surface area contributed by atoms with Crippen LogP contribution in [0.25, 0.3) is 0 Å². The predicted octanol–water partition coefficient (Wildman–Crippen LogP) is 2.25. The molecule has 0 spiro atoms. The van der Waals surface area contributed by atoms with Gasteiger partial charge in [0.15, 0.2) is 5.66 Å². The minimum absolute atomic E-state index is 0.0413. The lowest BCUT2D eigenvalue weighted by Crippen LogP contribution is -2.55. The van der Waals surface area contributed by atoms with Crippen LogP contribution in [0.3, 0.4) is 0 Å². The Bertz CT molecular complexity index is 771. The van der Waals surface area contributed by atoms with Crippen molar-refractivity contribution in [3.05, 3.63) is 35.9 Å². The van der Waals surface area contributed by atoms with Gasteiger partial charge in [-0.25, -0.2) is 0 Å². The maximum Gasteiger partial charge on any atom is 0.509 e. The van der Waals surface area contributed by atoms with Crippen molar-refractivity contribution in [3.8, 4) is 0 Å². The first-order chi connectivity index (χ1) is 15.7. The van der Waals surface area contributed by atoms with E-state index >= 15 is 0 Å². The van der Waals surface area contributed by atoms with E-state index in [0.29, 0.717) is 6.42 Å². The zero-order chi connectivity index (χ0) is 24.4. The summed E-state index contributed by atoms with van der Waals surface area (Å²) >= 11 is 0. The molecule has 1 saturated carbocycles. The maximum atomic E-state index is 12.7. The summed E-state index contributed by atoms with van der Waals surface area (Å²) in [7, 11) is -2.40. The molecular weight excluding hydrogens is 441 g/mol. The highest BCUT2D eigenvalue weighted by molar-refractivity contribution is 7.38. The molecule has 1 aromatic rings. The van der Waals surface area contributed by atoms with Gasteiger partial charge in [-0.05, 0) is 35.3 Å². The van der Waals surface area contributed by atoms with Crippen molar-refractivity contribution in [2.45, 2.75) is 82.6 Å². The first-order valence-electron chi connectivity index (χ1n) is 11.9. The van der Waals surface area contributed by atoms with E-state index in [-0.39, 0.29) is 24.8 Å². The molecule has 6 N–H and O–H groups in total. The van der Waals surface area contributed by atoms with Crippen molar-refractivity contribution in [1.29, 1.82) is 0 Å². The second kappa shape index (κ2) is 13.8. The smallest absolute Gasteiger partial charge is 0.391 e. The number of nitrogens with one attached hydrogen (secondary N) is 2. The van der Waals surface area contributed by atoms with E-state index in [1.807, 2.05) is 44.2 Å². The third-order valence-electron chi connectivity index (χ3n) is 6.39. The summed E-state index contributed by atoms with van der Waals surface area (Å²) in [5.41, 5.74) is 6.50. The highest BCUT2D eigenvalue weighted by Crippen LogP contribution is 2.40. The molecule has 0 bridgehead atoms. The fraction of sp³-hybridized carbons (Fsp3) is 0.667. The summed E-state index contributed by atoms with van der Waals surface area (Å²) in [5.74, 6) is -0.877. The Morgan fingerprint density at radius 1 is 1.12 bits per heavy atom. The molecule has 9 heteroatoms. The minimum Gasteiger partial charge on any atom is -0.391 e. The Hall–Kier alpha value is -1.86. The van der Waals surface area contributed by atoms with Crippen LogP contribution in [-0.4, -0.2) is 52.2 Å². The average molecular weight is 481 g/mol. The highest BCUT2D eigenvalue weighted by Gasteiger charge is 2.39. The maximum absolute atomic E-state index is 12.7. The van der Waals surface area contributed by atoms with Gasteiger partial charge in [0.25, 0.3) is 0 Å². The average Bonchev–Trinajstić information content (AvgIpc) is 2.80. The van der Waals surface area contributed by atoms with Crippen LogP contribution in [0.1, 0.15) is 57.9 Å². The van der Waals surface area contributed by atoms with Gasteiger partial charge in [0.1, 0.15) is 6.04 Å². The zero-order valence-corrected chi connectivity index (χ0v) is 20.5. The molecule has 33 heavy (non-hydrogen) atoms. The third-order valence-corrected chi connectivity index (χ3v) is 7.59.